The number of hydrogen-bond acceptors (Lipinski definition) is 3. The largest absolute Gasteiger partial charge is 0.494 e. The molecule has 1 aliphatic rings. The predicted octanol–water partition coefficient (Wildman–Crippen LogP) is 4.67. The summed E-state index contributed by atoms with van der Waals surface area (Å²) in [6.07, 6.45) is 2.20. The Balaban J connectivity index is 1.54. The van der Waals surface area contributed by atoms with Gasteiger partial charge in [0.25, 0.3) is 0 Å². The molecule has 2 aromatic rings. The van der Waals surface area contributed by atoms with Crippen LogP contribution in [0.5, 0.6) is 5.75 Å². The van der Waals surface area contributed by atoms with Gasteiger partial charge in [-0.25, -0.2) is 0 Å². The fraction of sp³-hybridized carbons (Fsp3) is 0.417. The van der Waals surface area contributed by atoms with E-state index in [1.165, 1.54) is 5.56 Å². The highest BCUT2D eigenvalue weighted by atomic mass is 16.5. The van der Waals surface area contributed by atoms with Gasteiger partial charge in [-0.1, -0.05) is 32.9 Å². The molecule has 1 heterocycles. The molecule has 5 nitrogen and oxygen atoms in total. The first-order valence-corrected chi connectivity index (χ1v) is 10.4. The molecule has 0 spiro atoms. The maximum Gasteiger partial charge on any atom is 0.229 e. The van der Waals surface area contributed by atoms with E-state index in [4.69, 9.17) is 4.74 Å². The van der Waals surface area contributed by atoms with Gasteiger partial charge in [0.15, 0.2) is 0 Å². The molecule has 1 N–H and O–H groups in total. The van der Waals surface area contributed by atoms with Crippen LogP contribution >= 0.6 is 0 Å². The van der Waals surface area contributed by atoms with Crippen molar-refractivity contribution < 1.29 is 14.3 Å². The first kappa shape index (κ1) is 20.9. The van der Waals surface area contributed by atoms with Gasteiger partial charge in [-0.15, -0.1) is 0 Å². The lowest BCUT2D eigenvalue weighted by atomic mass is 10.1. The third-order valence-corrected chi connectivity index (χ3v) is 5.24. The van der Waals surface area contributed by atoms with Crippen LogP contribution in [-0.2, 0) is 16.0 Å². The molecule has 0 aliphatic carbocycles. The molecule has 1 atom stereocenters. The number of carbonyl (C=O) groups excluding carboxylic acids is 2. The van der Waals surface area contributed by atoms with Crippen LogP contribution in [0.1, 0.15) is 39.2 Å². The van der Waals surface area contributed by atoms with Crippen molar-refractivity contribution in [2.45, 2.75) is 40.0 Å². The van der Waals surface area contributed by atoms with E-state index < -0.39 is 0 Å². The summed E-state index contributed by atoms with van der Waals surface area (Å²) in [6.45, 7) is 7.52. The summed E-state index contributed by atoms with van der Waals surface area (Å²) < 4.78 is 5.71. The van der Waals surface area contributed by atoms with E-state index in [1.54, 1.807) is 4.90 Å². The van der Waals surface area contributed by atoms with E-state index in [-0.39, 0.29) is 24.2 Å². The highest BCUT2D eigenvalue weighted by Crippen LogP contribution is 2.27. The Morgan fingerprint density at radius 1 is 1.14 bits per heavy atom. The van der Waals surface area contributed by atoms with Gasteiger partial charge in [0.2, 0.25) is 11.8 Å². The third-order valence-electron chi connectivity index (χ3n) is 5.24. The number of rotatable bonds is 8. The minimum Gasteiger partial charge on any atom is -0.494 e. The third kappa shape index (κ3) is 5.59. The molecule has 1 fully saturated rings. The monoisotopic (exact) mass is 394 g/mol. The molecular weight excluding hydrogens is 364 g/mol. The lowest BCUT2D eigenvalue weighted by Gasteiger charge is -2.17. The fourth-order valence-corrected chi connectivity index (χ4v) is 3.34. The number of hydrogen-bond donors (Lipinski definition) is 1. The van der Waals surface area contributed by atoms with Gasteiger partial charge in [0.1, 0.15) is 5.75 Å². The summed E-state index contributed by atoms with van der Waals surface area (Å²) >= 11 is 0. The number of benzene rings is 2. The summed E-state index contributed by atoms with van der Waals surface area (Å²) in [5.41, 5.74) is 2.79. The average Bonchev–Trinajstić information content (AvgIpc) is 3.11. The van der Waals surface area contributed by atoms with E-state index in [0.29, 0.717) is 24.8 Å². The Kier molecular flexibility index (Phi) is 6.91. The van der Waals surface area contributed by atoms with Crippen molar-refractivity contribution in [2.75, 3.05) is 23.4 Å². The molecule has 0 saturated carbocycles. The van der Waals surface area contributed by atoms with Crippen molar-refractivity contribution in [1.29, 1.82) is 0 Å². The van der Waals surface area contributed by atoms with Crippen LogP contribution < -0.4 is 15.0 Å². The van der Waals surface area contributed by atoms with Crippen LogP contribution in [0.3, 0.4) is 0 Å². The number of ether oxygens (including phenoxy) is 1. The van der Waals surface area contributed by atoms with Crippen LogP contribution in [-0.4, -0.2) is 25.0 Å². The smallest absolute Gasteiger partial charge is 0.229 e. The van der Waals surface area contributed by atoms with Crippen molar-refractivity contribution in [2.24, 2.45) is 11.8 Å². The number of anilines is 2. The van der Waals surface area contributed by atoms with Crippen LogP contribution in [0.4, 0.5) is 11.4 Å². The molecule has 29 heavy (non-hydrogen) atoms. The van der Waals surface area contributed by atoms with Crippen molar-refractivity contribution in [1.82, 2.24) is 0 Å². The maximum atomic E-state index is 12.6. The van der Waals surface area contributed by atoms with Crippen molar-refractivity contribution in [3.8, 4) is 5.75 Å². The molecule has 5 heteroatoms. The Hall–Kier alpha value is -2.82. The first-order chi connectivity index (χ1) is 14.0. The van der Waals surface area contributed by atoms with Gasteiger partial charge in [-0.05, 0) is 60.7 Å². The Bertz CT molecular complexity index is 828. The first-order valence-electron chi connectivity index (χ1n) is 10.4. The second-order valence-corrected chi connectivity index (χ2v) is 7.97. The maximum absolute atomic E-state index is 12.6. The van der Waals surface area contributed by atoms with Crippen molar-refractivity contribution in [3.63, 3.8) is 0 Å². The van der Waals surface area contributed by atoms with Gasteiger partial charge in [0.05, 0.1) is 12.5 Å². The summed E-state index contributed by atoms with van der Waals surface area (Å²) in [6, 6.07) is 15.3. The standard InChI is InChI=1S/C24H30N2O3/c1-4-18-5-9-21(10-6-18)26-16-19(15-23(26)27)24(28)25-20-7-11-22(12-8-20)29-14-13-17(2)3/h5-12,17,19H,4,13-16H2,1-3H3,(H,25,28)/t19-/m1/s1. The van der Waals surface area contributed by atoms with Crippen molar-refractivity contribution in [3.05, 3.63) is 54.1 Å². The normalized spacial score (nSPS) is 16.3. The van der Waals surface area contributed by atoms with Gasteiger partial charge in [-0.3, -0.25) is 9.59 Å². The zero-order valence-electron chi connectivity index (χ0n) is 17.5. The van der Waals surface area contributed by atoms with Crippen LogP contribution in [0.2, 0.25) is 0 Å². The second-order valence-electron chi connectivity index (χ2n) is 7.97. The van der Waals surface area contributed by atoms with Crippen LogP contribution in [0.15, 0.2) is 48.5 Å². The second kappa shape index (κ2) is 9.59. The molecule has 154 valence electrons. The number of amides is 2. The summed E-state index contributed by atoms with van der Waals surface area (Å²) in [4.78, 5) is 26.8. The highest BCUT2D eigenvalue weighted by molar-refractivity contribution is 6.03. The molecule has 0 aromatic heterocycles. The molecule has 1 aliphatic heterocycles. The van der Waals surface area contributed by atoms with Crippen LogP contribution in [0.25, 0.3) is 0 Å². The molecule has 0 unspecified atom stereocenters. The molecule has 1 saturated heterocycles. The lowest BCUT2D eigenvalue weighted by Crippen LogP contribution is -2.28. The SMILES string of the molecule is CCc1ccc(N2C[C@H](C(=O)Nc3ccc(OCCC(C)C)cc3)CC2=O)cc1. The minimum absolute atomic E-state index is 0.0108. The zero-order chi connectivity index (χ0) is 20.8. The summed E-state index contributed by atoms with van der Waals surface area (Å²) in [5, 5.41) is 2.92. The molecule has 2 amide bonds. The number of nitrogens with zero attached hydrogens (tertiary/aromatic N) is 1. The van der Waals surface area contributed by atoms with E-state index in [2.05, 4.69) is 26.1 Å². The molecule has 0 radical (unpaired) electrons. The Labute approximate surface area is 173 Å². The van der Waals surface area contributed by atoms with Gasteiger partial charge in [-0.2, -0.15) is 0 Å². The number of aryl methyl sites for hydroxylation is 1. The minimum atomic E-state index is -0.352. The summed E-state index contributed by atoms with van der Waals surface area (Å²) in [7, 11) is 0. The van der Waals surface area contributed by atoms with Crippen LogP contribution in [0, 0.1) is 11.8 Å². The van der Waals surface area contributed by atoms with Gasteiger partial charge in [0, 0.05) is 24.3 Å². The van der Waals surface area contributed by atoms with E-state index in [1.807, 2.05) is 48.5 Å². The number of nitrogens with one attached hydrogen (secondary N) is 1. The van der Waals surface area contributed by atoms with E-state index >= 15 is 0 Å². The zero-order valence-corrected chi connectivity index (χ0v) is 17.5. The molecule has 3 rings (SSSR count). The topological polar surface area (TPSA) is 58.6 Å². The Morgan fingerprint density at radius 2 is 1.83 bits per heavy atom. The van der Waals surface area contributed by atoms with E-state index in [0.717, 1.165) is 24.3 Å². The predicted molar refractivity (Wildman–Crippen MR) is 116 cm³/mol. The lowest BCUT2D eigenvalue weighted by molar-refractivity contribution is -0.122. The quantitative estimate of drug-likeness (QED) is 0.708. The average molecular weight is 395 g/mol. The van der Waals surface area contributed by atoms with Crippen molar-refractivity contribution >= 4 is 23.2 Å². The van der Waals surface area contributed by atoms with Gasteiger partial charge < -0.3 is 15.0 Å². The molecule has 2 aromatic carbocycles. The summed E-state index contributed by atoms with van der Waals surface area (Å²) in [5.74, 6) is 0.909. The molecule has 0 bridgehead atoms. The van der Waals surface area contributed by atoms with Gasteiger partial charge >= 0.3 is 0 Å². The fourth-order valence-electron chi connectivity index (χ4n) is 3.34. The Morgan fingerprint density at radius 3 is 2.45 bits per heavy atom. The number of carbonyl (C=O) groups is 2. The van der Waals surface area contributed by atoms with E-state index in [9.17, 15) is 9.59 Å². The molecular formula is C24H30N2O3. The highest BCUT2D eigenvalue weighted by Gasteiger charge is 2.35.